The topological polar surface area (TPSA) is 61.8 Å². The van der Waals surface area contributed by atoms with Crippen LogP contribution in [0.1, 0.15) is 19.4 Å². The van der Waals surface area contributed by atoms with Crippen molar-refractivity contribution in [3.8, 4) is 11.5 Å². The van der Waals surface area contributed by atoms with Gasteiger partial charge in [-0.05, 0) is 55.0 Å². The Hall–Kier alpha value is -1.41. The van der Waals surface area contributed by atoms with Gasteiger partial charge in [-0.1, -0.05) is 22.9 Å². The summed E-state index contributed by atoms with van der Waals surface area (Å²) in [5.74, 6) is 1.29. The SMILES string of the molecule is CCOCOCc1cc(Oc2ccc(S(=O)(=O)CC)cc2)ccc1Br. The zero-order chi connectivity index (χ0) is 18.3. The number of hydrogen-bond acceptors (Lipinski definition) is 5. The van der Waals surface area contributed by atoms with Crippen LogP contribution >= 0.6 is 15.9 Å². The second-order valence-electron chi connectivity index (χ2n) is 5.19. The predicted octanol–water partition coefficient (Wildman–Crippen LogP) is 4.55. The van der Waals surface area contributed by atoms with Crippen LogP contribution in [0.25, 0.3) is 0 Å². The van der Waals surface area contributed by atoms with E-state index in [-0.39, 0.29) is 12.5 Å². The third-order valence-electron chi connectivity index (χ3n) is 3.44. The van der Waals surface area contributed by atoms with Gasteiger partial charge in [0.2, 0.25) is 0 Å². The maximum Gasteiger partial charge on any atom is 0.178 e. The molecule has 0 N–H and O–H groups in total. The molecule has 0 atom stereocenters. The van der Waals surface area contributed by atoms with Crippen molar-refractivity contribution in [2.45, 2.75) is 25.3 Å². The molecule has 7 heteroatoms. The Labute approximate surface area is 157 Å². The molecule has 0 unspecified atom stereocenters. The molecule has 5 nitrogen and oxygen atoms in total. The summed E-state index contributed by atoms with van der Waals surface area (Å²) in [4.78, 5) is 0.295. The van der Waals surface area contributed by atoms with Gasteiger partial charge in [-0.3, -0.25) is 0 Å². The van der Waals surface area contributed by atoms with Gasteiger partial charge in [0.1, 0.15) is 18.3 Å². The number of ether oxygens (including phenoxy) is 3. The Balaban J connectivity index is 2.07. The monoisotopic (exact) mass is 428 g/mol. The van der Waals surface area contributed by atoms with E-state index in [2.05, 4.69) is 15.9 Å². The molecule has 2 rings (SSSR count). The molecule has 136 valence electrons. The zero-order valence-corrected chi connectivity index (χ0v) is 16.6. The molecular weight excluding hydrogens is 408 g/mol. The molecule has 0 heterocycles. The predicted molar refractivity (Wildman–Crippen MR) is 99.7 cm³/mol. The van der Waals surface area contributed by atoms with Crippen molar-refractivity contribution >= 4 is 25.8 Å². The van der Waals surface area contributed by atoms with E-state index in [4.69, 9.17) is 14.2 Å². The Kier molecular flexibility index (Phi) is 7.43. The summed E-state index contributed by atoms with van der Waals surface area (Å²) in [6.45, 7) is 4.77. The number of rotatable bonds is 9. The van der Waals surface area contributed by atoms with E-state index in [1.165, 1.54) is 0 Å². The van der Waals surface area contributed by atoms with Crippen LogP contribution in [0, 0.1) is 0 Å². The highest BCUT2D eigenvalue weighted by atomic mass is 79.9. The fourth-order valence-electron chi connectivity index (χ4n) is 2.04. The second-order valence-corrected chi connectivity index (χ2v) is 8.32. The second kappa shape index (κ2) is 9.33. The maximum atomic E-state index is 11.8. The Bertz CT molecular complexity index is 788. The summed E-state index contributed by atoms with van der Waals surface area (Å²) in [6, 6.07) is 12.0. The zero-order valence-electron chi connectivity index (χ0n) is 14.2. The van der Waals surface area contributed by atoms with Crippen molar-refractivity contribution in [2.24, 2.45) is 0 Å². The van der Waals surface area contributed by atoms with E-state index in [9.17, 15) is 8.42 Å². The number of benzene rings is 2. The summed E-state index contributed by atoms with van der Waals surface area (Å²) in [6.07, 6.45) is 0. The van der Waals surface area contributed by atoms with Gasteiger partial charge < -0.3 is 14.2 Å². The van der Waals surface area contributed by atoms with Crippen molar-refractivity contribution in [1.29, 1.82) is 0 Å². The number of hydrogen-bond donors (Lipinski definition) is 0. The molecule has 0 aliphatic rings. The number of sulfone groups is 1. The Morgan fingerprint density at radius 3 is 2.28 bits per heavy atom. The number of halogens is 1. The van der Waals surface area contributed by atoms with Crippen LogP contribution in [-0.2, 0) is 25.9 Å². The molecule has 0 spiro atoms. The van der Waals surface area contributed by atoms with Crippen molar-refractivity contribution < 1.29 is 22.6 Å². The van der Waals surface area contributed by atoms with E-state index >= 15 is 0 Å². The quantitative estimate of drug-likeness (QED) is 0.433. The van der Waals surface area contributed by atoms with Crippen LogP contribution in [0.4, 0.5) is 0 Å². The molecule has 0 aliphatic carbocycles. The summed E-state index contributed by atoms with van der Waals surface area (Å²) in [7, 11) is -3.21. The van der Waals surface area contributed by atoms with Crippen molar-refractivity contribution in [3.63, 3.8) is 0 Å². The molecule has 2 aromatic carbocycles. The smallest absolute Gasteiger partial charge is 0.178 e. The first-order chi connectivity index (χ1) is 12.0. The molecule has 0 saturated carbocycles. The van der Waals surface area contributed by atoms with Crippen LogP contribution in [0.2, 0.25) is 0 Å². The summed E-state index contributed by atoms with van der Waals surface area (Å²) in [5.41, 5.74) is 0.933. The van der Waals surface area contributed by atoms with Gasteiger partial charge in [0.25, 0.3) is 0 Å². The molecule has 0 aliphatic heterocycles. The van der Waals surface area contributed by atoms with E-state index in [1.54, 1.807) is 31.2 Å². The van der Waals surface area contributed by atoms with Gasteiger partial charge in [-0.25, -0.2) is 8.42 Å². The Morgan fingerprint density at radius 2 is 1.64 bits per heavy atom. The first-order valence-electron chi connectivity index (χ1n) is 7.91. The molecule has 0 saturated heterocycles. The van der Waals surface area contributed by atoms with E-state index < -0.39 is 9.84 Å². The van der Waals surface area contributed by atoms with E-state index in [1.807, 2.05) is 25.1 Å². The van der Waals surface area contributed by atoms with Gasteiger partial charge in [-0.2, -0.15) is 0 Å². The van der Waals surface area contributed by atoms with Crippen molar-refractivity contribution in [3.05, 3.63) is 52.5 Å². The molecule has 0 amide bonds. The lowest BCUT2D eigenvalue weighted by Gasteiger charge is -2.11. The lowest BCUT2D eigenvalue weighted by molar-refractivity contribution is -0.0573. The normalized spacial score (nSPS) is 11.5. The lowest BCUT2D eigenvalue weighted by atomic mass is 10.2. The van der Waals surface area contributed by atoms with Gasteiger partial charge in [0.15, 0.2) is 9.84 Å². The summed E-state index contributed by atoms with van der Waals surface area (Å²) in [5, 5.41) is 0. The summed E-state index contributed by atoms with van der Waals surface area (Å²) >= 11 is 3.48. The minimum absolute atomic E-state index is 0.0744. The minimum Gasteiger partial charge on any atom is -0.457 e. The van der Waals surface area contributed by atoms with Crippen LogP contribution < -0.4 is 4.74 Å². The molecular formula is C18H21BrO5S. The molecule has 0 radical (unpaired) electrons. The van der Waals surface area contributed by atoms with E-state index in [0.717, 1.165) is 10.0 Å². The van der Waals surface area contributed by atoms with Gasteiger partial charge >= 0.3 is 0 Å². The fraction of sp³-hybridized carbons (Fsp3) is 0.333. The molecule has 0 bridgehead atoms. The third-order valence-corrected chi connectivity index (χ3v) is 5.97. The summed E-state index contributed by atoms with van der Waals surface area (Å²) < 4.78 is 41.0. The van der Waals surface area contributed by atoms with Crippen LogP contribution in [0.15, 0.2) is 51.8 Å². The highest BCUT2D eigenvalue weighted by molar-refractivity contribution is 9.10. The first kappa shape index (κ1) is 19.9. The van der Waals surface area contributed by atoms with Crippen LogP contribution in [0.3, 0.4) is 0 Å². The van der Waals surface area contributed by atoms with Gasteiger partial charge in [0, 0.05) is 11.1 Å². The largest absolute Gasteiger partial charge is 0.457 e. The maximum absolute atomic E-state index is 11.8. The standard InChI is InChI=1S/C18H21BrO5S/c1-3-22-13-23-12-14-11-16(7-10-18(14)19)24-15-5-8-17(9-6-15)25(20,21)4-2/h5-11H,3-4,12-13H2,1-2H3. The van der Waals surface area contributed by atoms with Gasteiger partial charge in [0.05, 0.1) is 17.3 Å². The Morgan fingerprint density at radius 1 is 0.960 bits per heavy atom. The highest BCUT2D eigenvalue weighted by Gasteiger charge is 2.11. The molecule has 0 fully saturated rings. The molecule has 0 aromatic heterocycles. The fourth-order valence-corrected chi connectivity index (χ4v) is 3.28. The average Bonchev–Trinajstić information content (AvgIpc) is 2.61. The highest BCUT2D eigenvalue weighted by Crippen LogP contribution is 2.28. The van der Waals surface area contributed by atoms with Crippen molar-refractivity contribution in [2.75, 3.05) is 19.2 Å². The van der Waals surface area contributed by atoms with Gasteiger partial charge in [-0.15, -0.1) is 0 Å². The molecule has 2 aromatic rings. The molecule has 25 heavy (non-hydrogen) atoms. The van der Waals surface area contributed by atoms with Crippen molar-refractivity contribution in [1.82, 2.24) is 0 Å². The van der Waals surface area contributed by atoms with Crippen LogP contribution in [0.5, 0.6) is 11.5 Å². The third kappa shape index (κ3) is 5.81. The average molecular weight is 429 g/mol. The van der Waals surface area contributed by atoms with E-state index in [0.29, 0.717) is 29.6 Å². The lowest BCUT2D eigenvalue weighted by Crippen LogP contribution is -2.03. The minimum atomic E-state index is -3.21. The first-order valence-corrected chi connectivity index (χ1v) is 10.4. The van der Waals surface area contributed by atoms with Crippen LogP contribution in [-0.4, -0.2) is 27.6 Å².